The van der Waals surface area contributed by atoms with E-state index in [9.17, 15) is 26.4 Å². The van der Waals surface area contributed by atoms with E-state index >= 15 is 0 Å². The van der Waals surface area contributed by atoms with E-state index in [1.807, 2.05) is 0 Å². The molecule has 0 saturated heterocycles. The third-order valence-electron chi connectivity index (χ3n) is 4.94. The number of anilines is 2. The number of nitrogens with one attached hydrogen (secondary N) is 3. The van der Waals surface area contributed by atoms with E-state index in [1.165, 1.54) is 24.3 Å². The Labute approximate surface area is 218 Å². The van der Waals surface area contributed by atoms with Crippen molar-refractivity contribution in [1.82, 2.24) is 15.3 Å². The van der Waals surface area contributed by atoms with Gasteiger partial charge in [0.1, 0.15) is 17.2 Å². The molecule has 0 aliphatic heterocycles. The molecule has 3 rings (SSSR count). The van der Waals surface area contributed by atoms with E-state index < -0.39 is 39.2 Å². The number of amides is 1. The number of pyridine rings is 2. The van der Waals surface area contributed by atoms with E-state index in [0.717, 1.165) is 12.1 Å². The van der Waals surface area contributed by atoms with Crippen LogP contribution < -0.4 is 15.4 Å². The number of hydrogen-bond donors (Lipinski definition) is 3. The van der Waals surface area contributed by atoms with Gasteiger partial charge in [0, 0.05) is 18.7 Å². The zero-order valence-electron chi connectivity index (χ0n) is 21.2. The zero-order valence-corrected chi connectivity index (χ0v) is 22.0. The SMILES string of the molecule is Cc1ccccc1-c1nc(NS(=O)(=O)c2cccc(NCCNC(=O)OC(C)(C)C)n2)ccc1C(F)(F)F. The lowest BCUT2D eigenvalue weighted by Gasteiger charge is -2.19. The molecule has 0 spiro atoms. The number of carbonyl (C=O) groups excluding carboxylic acids is 1. The van der Waals surface area contributed by atoms with Crippen molar-refractivity contribution in [1.29, 1.82) is 0 Å². The predicted molar refractivity (Wildman–Crippen MR) is 137 cm³/mol. The Kier molecular flexibility index (Phi) is 8.50. The highest BCUT2D eigenvalue weighted by Crippen LogP contribution is 2.38. The summed E-state index contributed by atoms with van der Waals surface area (Å²) in [7, 11) is -4.29. The Bertz CT molecular complexity index is 1410. The van der Waals surface area contributed by atoms with Gasteiger partial charge in [-0.15, -0.1) is 0 Å². The van der Waals surface area contributed by atoms with Gasteiger partial charge in [0.2, 0.25) is 0 Å². The highest BCUT2D eigenvalue weighted by Gasteiger charge is 2.35. The molecule has 0 fully saturated rings. The lowest BCUT2D eigenvalue weighted by atomic mass is 10.0. The quantitative estimate of drug-likeness (QED) is 0.329. The maximum absolute atomic E-state index is 13.7. The summed E-state index contributed by atoms with van der Waals surface area (Å²) in [5, 5.41) is 5.07. The molecule has 204 valence electrons. The first kappa shape index (κ1) is 28.7. The van der Waals surface area contributed by atoms with Gasteiger partial charge >= 0.3 is 12.3 Å². The summed E-state index contributed by atoms with van der Waals surface area (Å²) in [5.41, 5.74) is -1.25. The Morgan fingerprint density at radius 1 is 0.921 bits per heavy atom. The second-order valence-electron chi connectivity index (χ2n) is 9.23. The minimum Gasteiger partial charge on any atom is -0.444 e. The number of ether oxygens (including phenoxy) is 1. The number of benzene rings is 1. The second-order valence-corrected chi connectivity index (χ2v) is 10.9. The van der Waals surface area contributed by atoms with E-state index in [2.05, 4.69) is 25.3 Å². The van der Waals surface area contributed by atoms with Crippen LogP contribution in [-0.4, -0.2) is 43.2 Å². The fourth-order valence-electron chi connectivity index (χ4n) is 3.31. The van der Waals surface area contributed by atoms with Gasteiger partial charge < -0.3 is 15.4 Å². The number of aromatic nitrogens is 2. The first-order valence-electron chi connectivity index (χ1n) is 11.5. The lowest BCUT2D eigenvalue weighted by molar-refractivity contribution is -0.137. The fraction of sp³-hybridized carbons (Fsp3) is 0.320. The molecule has 2 aromatic heterocycles. The fourth-order valence-corrected chi connectivity index (χ4v) is 4.28. The number of nitrogens with zero attached hydrogens (tertiary/aromatic N) is 2. The van der Waals surface area contributed by atoms with Crippen LogP contribution in [0.3, 0.4) is 0 Å². The van der Waals surface area contributed by atoms with Gasteiger partial charge in [-0.1, -0.05) is 30.3 Å². The summed E-state index contributed by atoms with van der Waals surface area (Å²) in [5.74, 6) is -0.0854. The topological polar surface area (TPSA) is 122 Å². The van der Waals surface area contributed by atoms with Crippen LogP contribution in [0.15, 0.2) is 59.6 Å². The summed E-state index contributed by atoms with van der Waals surface area (Å²) < 4.78 is 74.3. The highest BCUT2D eigenvalue weighted by atomic mass is 32.2. The number of aryl methyl sites for hydroxylation is 1. The van der Waals surface area contributed by atoms with Crippen LogP contribution in [0.25, 0.3) is 11.3 Å². The van der Waals surface area contributed by atoms with Gasteiger partial charge in [-0.2, -0.15) is 21.6 Å². The van der Waals surface area contributed by atoms with Crippen molar-refractivity contribution in [2.24, 2.45) is 0 Å². The molecular weight excluding hydrogens is 523 g/mol. The van der Waals surface area contributed by atoms with Crippen molar-refractivity contribution >= 4 is 27.8 Å². The molecule has 9 nitrogen and oxygen atoms in total. The maximum atomic E-state index is 13.7. The average Bonchev–Trinajstić information content (AvgIpc) is 2.80. The van der Waals surface area contributed by atoms with Gasteiger partial charge in [0.05, 0.1) is 11.3 Å². The predicted octanol–water partition coefficient (Wildman–Crippen LogP) is 5.21. The van der Waals surface area contributed by atoms with Crippen LogP contribution >= 0.6 is 0 Å². The van der Waals surface area contributed by atoms with E-state index in [-0.39, 0.29) is 35.3 Å². The Balaban J connectivity index is 1.76. The van der Waals surface area contributed by atoms with Gasteiger partial charge in [0.15, 0.2) is 5.03 Å². The number of halogens is 3. The molecule has 3 N–H and O–H groups in total. The van der Waals surface area contributed by atoms with Crippen molar-refractivity contribution in [2.45, 2.75) is 44.5 Å². The summed E-state index contributed by atoms with van der Waals surface area (Å²) in [6, 6.07) is 12.3. The maximum Gasteiger partial charge on any atom is 0.418 e. The van der Waals surface area contributed by atoms with Crippen LogP contribution in [0.5, 0.6) is 0 Å². The van der Waals surface area contributed by atoms with Crippen molar-refractivity contribution in [3.8, 4) is 11.3 Å². The van der Waals surface area contributed by atoms with Gasteiger partial charge in [0.25, 0.3) is 10.0 Å². The molecule has 1 aromatic carbocycles. The van der Waals surface area contributed by atoms with Gasteiger partial charge in [-0.25, -0.2) is 14.8 Å². The van der Waals surface area contributed by atoms with Crippen molar-refractivity contribution in [3.63, 3.8) is 0 Å². The third kappa shape index (κ3) is 7.81. The molecule has 0 saturated carbocycles. The van der Waals surface area contributed by atoms with Crippen LogP contribution in [0, 0.1) is 6.92 Å². The normalized spacial score (nSPS) is 12.1. The molecule has 0 atom stereocenters. The van der Waals surface area contributed by atoms with Gasteiger partial charge in [-0.3, -0.25) is 4.72 Å². The number of alkyl carbamates (subject to hydrolysis) is 1. The summed E-state index contributed by atoms with van der Waals surface area (Å²) in [6.07, 6.45) is -5.29. The molecular formula is C25H28F3N5O4S. The number of alkyl halides is 3. The van der Waals surface area contributed by atoms with Crippen molar-refractivity contribution < 1.29 is 31.1 Å². The van der Waals surface area contributed by atoms with Crippen LogP contribution in [0.4, 0.5) is 29.6 Å². The van der Waals surface area contributed by atoms with E-state index in [1.54, 1.807) is 45.9 Å². The minimum absolute atomic E-state index is 0.184. The molecule has 13 heteroatoms. The smallest absolute Gasteiger partial charge is 0.418 e. The molecule has 2 heterocycles. The molecule has 0 unspecified atom stereocenters. The molecule has 0 bridgehead atoms. The average molecular weight is 552 g/mol. The number of sulfonamides is 1. The Hall–Kier alpha value is -3.87. The summed E-state index contributed by atoms with van der Waals surface area (Å²) in [6.45, 7) is 7.25. The van der Waals surface area contributed by atoms with Crippen LogP contribution in [0.2, 0.25) is 0 Å². The minimum atomic E-state index is -4.69. The molecule has 0 radical (unpaired) electrons. The van der Waals surface area contributed by atoms with Crippen molar-refractivity contribution in [2.75, 3.05) is 23.1 Å². The number of hydrogen-bond acceptors (Lipinski definition) is 7. The lowest BCUT2D eigenvalue weighted by Crippen LogP contribution is -2.35. The summed E-state index contributed by atoms with van der Waals surface area (Å²) >= 11 is 0. The molecule has 1 amide bonds. The van der Waals surface area contributed by atoms with E-state index in [4.69, 9.17) is 4.74 Å². The second kappa shape index (κ2) is 11.3. The number of carbonyl (C=O) groups is 1. The highest BCUT2D eigenvalue weighted by molar-refractivity contribution is 7.92. The first-order valence-corrected chi connectivity index (χ1v) is 13.0. The molecule has 3 aromatic rings. The van der Waals surface area contributed by atoms with Crippen LogP contribution in [0.1, 0.15) is 31.9 Å². The monoisotopic (exact) mass is 551 g/mol. The van der Waals surface area contributed by atoms with Crippen LogP contribution in [-0.2, 0) is 20.9 Å². The van der Waals surface area contributed by atoms with E-state index in [0.29, 0.717) is 5.56 Å². The number of rotatable bonds is 8. The largest absolute Gasteiger partial charge is 0.444 e. The Morgan fingerprint density at radius 2 is 1.63 bits per heavy atom. The molecule has 38 heavy (non-hydrogen) atoms. The Morgan fingerprint density at radius 3 is 2.29 bits per heavy atom. The molecule has 0 aliphatic rings. The summed E-state index contributed by atoms with van der Waals surface area (Å²) in [4.78, 5) is 19.8. The third-order valence-corrected chi connectivity index (χ3v) is 6.19. The zero-order chi connectivity index (χ0) is 28.1. The molecule has 0 aliphatic carbocycles. The van der Waals surface area contributed by atoms with Crippen molar-refractivity contribution in [3.05, 3.63) is 65.7 Å². The first-order chi connectivity index (χ1) is 17.7. The standard InChI is InChI=1S/C25H28F3N5O4S/c1-16-8-5-6-9-17(16)22-18(25(26,27)28)12-13-20(32-22)33-38(35,36)21-11-7-10-19(31-21)29-14-15-30-23(34)37-24(2,3)4/h5-13H,14-15H2,1-4H3,(H,29,31)(H,30,34)(H,32,33). The van der Waals surface area contributed by atoms with Gasteiger partial charge in [-0.05, 0) is 57.5 Å².